The largest absolute Gasteiger partial charge is 0.394 e. The van der Waals surface area contributed by atoms with Gasteiger partial charge in [0.05, 0.1) is 18.8 Å². The number of unbranched alkanes of at least 4 members (excludes halogenated alkanes) is 20. The summed E-state index contributed by atoms with van der Waals surface area (Å²) in [6.45, 7) is 4.07. The van der Waals surface area contributed by atoms with Crippen molar-refractivity contribution >= 4 is 5.91 Å². The van der Waals surface area contributed by atoms with Gasteiger partial charge < -0.3 is 15.5 Å². The molecule has 0 aromatic rings. The van der Waals surface area contributed by atoms with Gasteiger partial charge in [-0.15, -0.1) is 0 Å². The van der Waals surface area contributed by atoms with Gasteiger partial charge >= 0.3 is 0 Å². The highest BCUT2D eigenvalue weighted by Gasteiger charge is 2.17. The molecule has 0 radical (unpaired) electrons. The Hall–Kier alpha value is -2.69. The molecule has 0 aliphatic heterocycles. The van der Waals surface area contributed by atoms with E-state index in [1.165, 1.54) is 109 Å². The number of nitrogens with one attached hydrogen (secondary N) is 1. The zero-order valence-corrected chi connectivity index (χ0v) is 36.6. The maximum Gasteiger partial charge on any atom is 0.220 e. The van der Waals surface area contributed by atoms with Gasteiger partial charge in [0.25, 0.3) is 0 Å². The minimum Gasteiger partial charge on any atom is -0.394 e. The van der Waals surface area contributed by atoms with Crippen molar-refractivity contribution in [1.82, 2.24) is 5.32 Å². The van der Waals surface area contributed by atoms with Crippen molar-refractivity contribution in [3.05, 3.63) is 97.2 Å². The van der Waals surface area contributed by atoms with E-state index in [4.69, 9.17) is 0 Å². The Morgan fingerprint density at radius 1 is 0.446 bits per heavy atom. The van der Waals surface area contributed by atoms with Gasteiger partial charge in [0.1, 0.15) is 0 Å². The van der Waals surface area contributed by atoms with Crippen LogP contribution in [-0.4, -0.2) is 34.9 Å². The third-order valence-electron chi connectivity index (χ3n) is 10.0. The first-order valence-corrected chi connectivity index (χ1v) is 23.5. The highest BCUT2D eigenvalue weighted by molar-refractivity contribution is 5.76. The monoisotopic (exact) mass is 776 g/mol. The molecule has 1 amide bonds. The maximum atomic E-state index is 12.3. The summed E-state index contributed by atoms with van der Waals surface area (Å²) in [5.74, 6) is -0.0811. The normalized spacial score (nSPS) is 13.9. The van der Waals surface area contributed by atoms with Crippen molar-refractivity contribution in [3.8, 4) is 0 Å². The van der Waals surface area contributed by atoms with Gasteiger partial charge in [-0.25, -0.2) is 0 Å². The molecule has 0 heterocycles. The number of allylic oxidation sites excluding steroid dienone is 15. The van der Waals surface area contributed by atoms with E-state index in [1.807, 2.05) is 6.08 Å². The minimum absolute atomic E-state index is 0.0811. The third kappa shape index (κ3) is 42.5. The third-order valence-corrected chi connectivity index (χ3v) is 10.0. The van der Waals surface area contributed by atoms with Gasteiger partial charge in [0.2, 0.25) is 5.91 Å². The van der Waals surface area contributed by atoms with Gasteiger partial charge in [-0.2, -0.15) is 0 Å². The molecule has 4 heteroatoms. The molecule has 0 aliphatic rings. The zero-order valence-electron chi connectivity index (χ0n) is 36.6. The fourth-order valence-corrected chi connectivity index (χ4v) is 6.50. The van der Waals surface area contributed by atoms with Gasteiger partial charge in [0.15, 0.2) is 0 Å². The number of carbonyl (C=O) groups is 1. The van der Waals surface area contributed by atoms with E-state index >= 15 is 0 Å². The first-order chi connectivity index (χ1) is 27.7. The number of rotatable bonds is 41. The van der Waals surface area contributed by atoms with Crippen LogP contribution in [0.5, 0.6) is 0 Å². The fraction of sp³-hybridized carbons (Fsp3) is 0.673. The molecular formula is C52H89NO3. The Labute approximate surface area is 347 Å². The summed E-state index contributed by atoms with van der Waals surface area (Å²) < 4.78 is 0. The topological polar surface area (TPSA) is 69.6 Å². The number of aliphatic hydroxyl groups excluding tert-OH is 2. The number of hydrogen-bond acceptors (Lipinski definition) is 3. The van der Waals surface area contributed by atoms with Crippen LogP contribution in [0.15, 0.2) is 97.2 Å². The predicted molar refractivity (Wildman–Crippen MR) is 248 cm³/mol. The summed E-state index contributed by atoms with van der Waals surface area (Å²) in [6.07, 6.45) is 69.9. The van der Waals surface area contributed by atoms with Crippen molar-refractivity contribution in [2.45, 2.75) is 219 Å². The van der Waals surface area contributed by atoms with Crippen LogP contribution in [0.4, 0.5) is 0 Å². The lowest BCUT2D eigenvalue weighted by Crippen LogP contribution is -2.45. The van der Waals surface area contributed by atoms with Gasteiger partial charge in [-0.05, 0) is 77.0 Å². The van der Waals surface area contributed by atoms with Crippen LogP contribution in [0.2, 0.25) is 0 Å². The molecule has 4 nitrogen and oxygen atoms in total. The molecule has 56 heavy (non-hydrogen) atoms. The predicted octanol–water partition coefficient (Wildman–Crippen LogP) is 15.0. The van der Waals surface area contributed by atoms with E-state index in [-0.39, 0.29) is 12.5 Å². The van der Waals surface area contributed by atoms with Crippen molar-refractivity contribution in [3.63, 3.8) is 0 Å². The number of hydrogen-bond donors (Lipinski definition) is 3. The Bertz CT molecular complexity index is 1060. The molecule has 0 aromatic heterocycles. The summed E-state index contributed by atoms with van der Waals surface area (Å²) in [4.78, 5) is 12.3. The molecule has 0 rings (SSSR count). The summed E-state index contributed by atoms with van der Waals surface area (Å²) in [7, 11) is 0. The fourth-order valence-electron chi connectivity index (χ4n) is 6.50. The zero-order chi connectivity index (χ0) is 40.7. The molecule has 3 N–H and O–H groups in total. The minimum atomic E-state index is -0.861. The van der Waals surface area contributed by atoms with Gasteiger partial charge in [0, 0.05) is 6.42 Å². The number of amides is 1. The molecule has 0 spiro atoms. The Balaban J connectivity index is 3.45. The highest BCUT2D eigenvalue weighted by Crippen LogP contribution is 2.15. The highest BCUT2D eigenvalue weighted by atomic mass is 16.3. The second-order valence-corrected chi connectivity index (χ2v) is 15.4. The molecule has 2 unspecified atom stereocenters. The lowest BCUT2D eigenvalue weighted by molar-refractivity contribution is -0.123. The van der Waals surface area contributed by atoms with Crippen LogP contribution in [0.25, 0.3) is 0 Å². The quantitative estimate of drug-likeness (QED) is 0.0428. The molecule has 0 fully saturated rings. The van der Waals surface area contributed by atoms with Gasteiger partial charge in [-0.1, -0.05) is 220 Å². The van der Waals surface area contributed by atoms with E-state index in [0.717, 1.165) is 77.0 Å². The first-order valence-electron chi connectivity index (χ1n) is 23.5. The van der Waals surface area contributed by atoms with Crippen LogP contribution in [-0.2, 0) is 4.79 Å². The molecule has 0 bridgehead atoms. The van der Waals surface area contributed by atoms with Crippen LogP contribution in [0.1, 0.15) is 206 Å². The Morgan fingerprint density at radius 3 is 1.23 bits per heavy atom. The van der Waals surface area contributed by atoms with Crippen molar-refractivity contribution in [1.29, 1.82) is 0 Å². The second-order valence-electron chi connectivity index (χ2n) is 15.4. The van der Waals surface area contributed by atoms with E-state index in [2.05, 4.69) is 104 Å². The van der Waals surface area contributed by atoms with Crippen LogP contribution >= 0.6 is 0 Å². The van der Waals surface area contributed by atoms with E-state index in [1.54, 1.807) is 6.08 Å². The van der Waals surface area contributed by atoms with Crippen molar-refractivity contribution in [2.24, 2.45) is 0 Å². The molecular weight excluding hydrogens is 687 g/mol. The maximum absolute atomic E-state index is 12.3. The number of carbonyl (C=O) groups excluding carboxylic acids is 1. The van der Waals surface area contributed by atoms with E-state index in [9.17, 15) is 15.0 Å². The molecule has 0 saturated heterocycles. The molecule has 2 atom stereocenters. The van der Waals surface area contributed by atoms with Crippen molar-refractivity contribution < 1.29 is 15.0 Å². The summed E-state index contributed by atoms with van der Waals surface area (Å²) in [5, 5.41) is 22.7. The van der Waals surface area contributed by atoms with Crippen LogP contribution < -0.4 is 5.32 Å². The SMILES string of the molecule is CC/C=C\C/C=C\C/C=C\C/C=C\C/C=C\C/C=C\CCCCCCCCCCCCCCCCCCCCC(=O)NC(CO)C(O)/C=C/CC/C=C/CCC. The lowest BCUT2D eigenvalue weighted by atomic mass is 10.0. The molecule has 0 saturated carbocycles. The van der Waals surface area contributed by atoms with Crippen LogP contribution in [0, 0.1) is 0 Å². The van der Waals surface area contributed by atoms with E-state index < -0.39 is 12.1 Å². The van der Waals surface area contributed by atoms with Gasteiger partial charge in [-0.3, -0.25) is 4.79 Å². The van der Waals surface area contributed by atoms with E-state index in [0.29, 0.717) is 6.42 Å². The molecule has 0 aromatic carbocycles. The standard InChI is InChI=1S/C52H89NO3/c1-3-5-7-9-11-12-13-14-15-16-17-18-19-20-21-22-23-24-25-26-27-28-29-30-31-32-33-34-35-36-37-38-39-40-42-44-46-48-52(56)53-50(49-54)51(55)47-45-43-41-10-8-6-4-2/h5,7-8,10-12,14-15,17-18,20-21,23-24,45,47,50-51,54-55H,3-4,6,9,13,16,19,22,25-44,46,48-49H2,1-2H3,(H,53,56)/b7-5-,10-8+,12-11-,15-14-,18-17-,21-20-,24-23-,47-45+. The van der Waals surface area contributed by atoms with Crippen molar-refractivity contribution in [2.75, 3.05) is 6.61 Å². The Morgan fingerprint density at radius 2 is 0.804 bits per heavy atom. The molecule has 0 aliphatic carbocycles. The average molecular weight is 776 g/mol. The van der Waals surface area contributed by atoms with Crippen LogP contribution in [0.3, 0.4) is 0 Å². The molecule has 320 valence electrons. The first kappa shape index (κ1) is 53.3. The summed E-state index contributed by atoms with van der Waals surface area (Å²) in [5.41, 5.74) is 0. The lowest BCUT2D eigenvalue weighted by Gasteiger charge is -2.19. The summed E-state index contributed by atoms with van der Waals surface area (Å²) in [6, 6.07) is -0.639. The smallest absolute Gasteiger partial charge is 0.220 e. The average Bonchev–Trinajstić information content (AvgIpc) is 3.20. The summed E-state index contributed by atoms with van der Waals surface area (Å²) >= 11 is 0. The number of aliphatic hydroxyl groups is 2. The Kier molecular flexibility index (Phi) is 44.4. The second kappa shape index (κ2) is 46.7.